The second-order valence-electron chi connectivity index (χ2n) is 4.67. The summed E-state index contributed by atoms with van der Waals surface area (Å²) in [5.74, 6) is 0.260. The Labute approximate surface area is 126 Å². The lowest BCUT2D eigenvalue weighted by atomic mass is 10.1. The number of nitrogens with one attached hydrogen (secondary N) is 1. The standard InChI is InChI=1S/C14H14N6O2/c1-3-12-13(9(2)22-17-12)14(21)16-10-5-4-6-11(7-10)20-8-15-18-19-20/h4-8H,3H2,1-2H3,(H,16,21). The first-order chi connectivity index (χ1) is 10.7. The van der Waals surface area contributed by atoms with Crippen LogP contribution in [0.5, 0.6) is 0 Å². The molecule has 2 heterocycles. The number of hydrogen-bond acceptors (Lipinski definition) is 6. The molecule has 3 aromatic rings. The Kier molecular flexibility index (Phi) is 3.65. The number of aryl methyl sites for hydroxylation is 2. The van der Waals surface area contributed by atoms with Crippen molar-refractivity contribution in [3.8, 4) is 5.69 Å². The molecule has 1 N–H and O–H groups in total. The number of tetrazole rings is 1. The molecule has 3 rings (SSSR count). The van der Waals surface area contributed by atoms with Gasteiger partial charge in [0.25, 0.3) is 5.91 Å². The zero-order valence-corrected chi connectivity index (χ0v) is 12.1. The lowest BCUT2D eigenvalue weighted by Crippen LogP contribution is -2.14. The number of anilines is 1. The van der Waals surface area contributed by atoms with E-state index < -0.39 is 0 Å². The SMILES string of the molecule is CCc1noc(C)c1C(=O)Nc1cccc(-n2cnnn2)c1. The normalized spacial score (nSPS) is 10.6. The zero-order chi connectivity index (χ0) is 15.5. The molecule has 0 fully saturated rings. The molecule has 0 aliphatic carbocycles. The zero-order valence-electron chi connectivity index (χ0n) is 12.1. The van der Waals surface area contributed by atoms with Crippen LogP contribution >= 0.6 is 0 Å². The van der Waals surface area contributed by atoms with Gasteiger partial charge >= 0.3 is 0 Å². The number of amides is 1. The Hall–Kier alpha value is -3.03. The average Bonchev–Trinajstić information content (AvgIpc) is 3.16. The largest absolute Gasteiger partial charge is 0.361 e. The molecule has 0 atom stereocenters. The van der Waals surface area contributed by atoms with Crippen molar-refractivity contribution in [1.29, 1.82) is 0 Å². The van der Waals surface area contributed by atoms with Gasteiger partial charge in [0.1, 0.15) is 17.7 Å². The molecule has 0 radical (unpaired) electrons. The number of benzene rings is 1. The van der Waals surface area contributed by atoms with E-state index in [0.717, 1.165) is 5.69 Å². The van der Waals surface area contributed by atoms with E-state index in [1.165, 1.54) is 11.0 Å². The van der Waals surface area contributed by atoms with Crippen LogP contribution in [0.3, 0.4) is 0 Å². The molecule has 0 unspecified atom stereocenters. The topological polar surface area (TPSA) is 98.7 Å². The molecular formula is C14H14N6O2. The second kappa shape index (κ2) is 5.76. The van der Waals surface area contributed by atoms with E-state index in [9.17, 15) is 4.79 Å². The third-order valence-corrected chi connectivity index (χ3v) is 3.21. The van der Waals surface area contributed by atoms with E-state index in [-0.39, 0.29) is 5.91 Å². The van der Waals surface area contributed by atoms with Crippen molar-refractivity contribution < 1.29 is 9.32 Å². The molecule has 0 saturated carbocycles. The fourth-order valence-electron chi connectivity index (χ4n) is 2.15. The number of hydrogen-bond donors (Lipinski definition) is 1. The molecule has 112 valence electrons. The van der Waals surface area contributed by atoms with Crippen LogP contribution in [-0.2, 0) is 6.42 Å². The highest BCUT2D eigenvalue weighted by Crippen LogP contribution is 2.18. The van der Waals surface area contributed by atoms with Crippen LogP contribution in [-0.4, -0.2) is 31.3 Å². The Morgan fingerprint density at radius 3 is 3.00 bits per heavy atom. The number of carbonyl (C=O) groups is 1. The quantitative estimate of drug-likeness (QED) is 0.788. The number of carbonyl (C=O) groups excluding carboxylic acids is 1. The van der Waals surface area contributed by atoms with Crippen molar-refractivity contribution in [2.24, 2.45) is 0 Å². The predicted molar refractivity (Wildman–Crippen MR) is 77.7 cm³/mol. The van der Waals surface area contributed by atoms with Gasteiger partial charge in [0.2, 0.25) is 0 Å². The molecule has 0 aliphatic rings. The van der Waals surface area contributed by atoms with Crippen LogP contribution in [0.2, 0.25) is 0 Å². The Balaban J connectivity index is 1.85. The van der Waals surface area contributed by atoms with E-state index in [1.807, 2.05) is 19.1 Å². The Morgan fingerprint density at radius 1 is 1.41 bits per heavy atom. The summed E-state index contributed by atoms with van der Waals surface area (Å²) in [4.78, 5) is 12.4. The summed E-state index contributed by atoms with van der Waals surface area (Å²) < 4.78 is 6.60. The minimum Gasteiger partial charge on any atom is -0.361 e. The smallest absolute Gasteiger partial charge is 0.261 e. The van der Waals surface area contributed by atoms with E-state index in [4.69, 9.17) is 4.52 Å². The summed E-state index contributed by atoms with van der Waals surface area (Å²) >= 11 is 0. The number of rotatable bonds is 4. The molecule has 1 aromatic carbocycles. The maximum Gasteiger partial charge on any atom is 0.261 e. The summed E-state index contributed by atoms with van der Waals surface area (Å²) in [5, 5.41) is 17.7. The van der Waals surface area contributed by atoms with E-state index >= 15 is 0 Å². The average molecular weight is 298 g/mol. The van der Waals surface area contributed by atoms with Gasteiger partial charge in [-0.25, -0.2) is 4.68 Å². The highest BCUT2D eigenvalue weighted by atomic mass is 16.5. The second-order valence-corrected chi connectivity index (χ2v) is 4.67. The number of nitrogens with zero attached hydrogens (tertiary/aromatic N) is 5. The summed E-state index contributed by atoms with van der Waals surface area (Å²) in [6, 6.07) is 7.23. The third kappa shape index (κ3) is 2.58. The summed E-state index contributed by atoms with van der Waals surface area (Å²) in [7, 11) is 0. The van der Waals surface area contributed by atoms with Gasteiger partial charge in [-0.2, -0.15) is 0 Å². The molecule has 8 nitrogen and oxygen atoms in total. The molecule has 1 amide bonds. The van der Waals surface area contributed by atoms with Crippen LogP contribution in [0.25, 0.3) is 5.69 Å². The van der Waals surface area contributed by atoms with Crippen LogP contribution in [0.15, 0.2) is 35.1 Å². The van der Waals surface area contributed by atoms with E-state index in [1.54, 1.807) is 19.1 Å². The first-order valence-electron chi connectivity index (χ1n) is 6.79. The molecule has 0 saturated heterocycles. The van der Waals surface area contributed by atoms with Crippen molar-refractivity contribution in [3.63, 3.8) is 0 Å². The molecular weight excluding hydrogens is 284 g/mol. The first kappa shape index (κ1) is 13.9. The van der Waals surface area contributed by atoms with Crippen LogP contribution in [0.4, 0.5) is 5.69 Å². The fourth-order valence-corrected chi connectivity index (χ4v) is 2.15. The van der Waals surface area contributed by atoms with Gasteiger partial charge in [0, 0.05) is 5.69 Å². The van der Waals surface area contributed by atoms with Gasteiger partial charge in [0.05, 0.1) is 11.4 Å². The van der Waals surface area contributed by atoms with Gasteiger partial charge in [-0.1, -0.05) is 18.1 Å². The fraction of sp³-hybridized carbons (Fsp3) is 0.214. The predicted octanol–water partition coefficient (Wildman–Crippen LogP) is 1.77. The maximum atomic E-state index is 12.4. The van der Waals surface area contributed by atoms with Crippen molar-refractivity contribution in [2.45, 2.75) is 20.3 Å². The molecule has 22 heavy (non-hydrogen) atoms. The van der Waals surface area contributed by atoms with Crippen molar-refractivity contribution in [1.82, 2.24) is 25.4 Å². The number of aromatic nitrogens is 5. The molecule has 2 aromatic heterocycles. The van der Waals surface area contributed by atoms with Crippen molar-refractivity contribution >= 4 is 11.6 Å². The van der Waals surface area contributed by atoms with Gasteiger partial charge in [-0.3, -0.25) is 4.79 Å². The third-order valence-electron chi connectivity index (χ3n) is 3.21. The first-order valence-corrected chi connectivity index (χ1v) is 6.79. The highest BCUT2D eigenvalue weighted by molar-refractivity contribution is 6.05. The lowest BCUT2D eigenvalue weighted by Gasteiger charge is -2.07. The Bertz CT molecular complexity index is 794. The van der Waals surface area contributed by atoms with Gasteiger partial charge in [-0.05, 0) is 42.0 Å². The van der Waals surface area contributed by atoms with E-state index in [2.05, 4.69) is 26.0 Å². The van der Waals surface area contributed by atoms with E-state index in [0.29, 0.717) is 29.1 Å². The lowest BCUT2D eigenvalue weighted by molar-refractivity contribution is 0.102. The minimum atomic E-state index is -0.246. The molecule has 0 bridgehead atoms. The van der Waals surface area contributed by atoms with Gasteiger partial charge < -0.3 is 9.84 Å². The highest BCUT2D eigenvalue weighted by Gasteiger charge is 2.19. The van der Waals surface area contributed by atoms with Crippen LogP contribution in [0.1, 0.15) is 28.7 Å². The Morgan fingerprint density at radius 2 is 2.27 bits per heavy atom. The van der Waals surface area contributed by atoms with Crippen LogP contribution in [0, 0.1) is 6.92 Å². The van der Waals surface area contributed by atoms with Crippen molar-refractivity contribution in [3.05, 3.63) is 47.6 Å². The maximum absolute atomic E-state index is 12.4. The van der Waals surface area contributed by atoms with Gasteiger partial charge in [-0.15, -0.1) is 5.10 Å². The minimum absolute atomic E-state index is 0.246. The summed E-state index contributed by atoms with van der Waals surface area (Å²) in [5.41, 5.74) is 2.52. The van der Waals surface area contributed by atoms with Gasteiger partial charge in [0.15, 0.2) is 0 Å². The van der Waals surface area contributed by atoms with Crippen LogP contribution < -0.4 is 5.32 Å². The van der Waals surface area contributed by atoms with Crippen molar-refractivity contribution in [2.75, 3.05) is 5.32 Å². The monoisotopic (exact) mass is 298 g/mol. The summed E-state index contributed by atoms with van der Waals surface area (Å²) in [6.07, 6.45) is 2.12. The molecule has 0 spiro atoms. The molecule has 8 heteroatoms. The molecule has 0 aliphatic heterocycles. The summed E-state index contributed by atoms with van der Waals surface area (Å²) in [6.45, 7) is 3.64.